The van der Waals surface area contributed by atoms with Crippen LogP contribution in [0, 0.1) is 5.92 Å². The molecule has 0 radical (unpaired) electrons. The fourth-order valence-corrected chi connectivity index (χ4v) is 2.37. The number of carboxylic acids is 1. The van der Waals surface area contributed by atoms with Crippen molar-refractivity contribution in [3.05, 3.63) is 22.4 Å². The van der Waals surface area contributed by atoms with Crippen molar-refractivity contribution >= 4 is 17.3 Å². The van der Waals surface area contributed by atoms with Crippen molar-refractivity contribution in [2.24, 2.45) is 5.92 Å². The third kappa shape index (κ3) is 3.32. The molecule has 2 unspecified atom stereocenters. The molecule has 1 aromatic heterocycles. The van der Waals surface area contributed by atoms with E-state index in [1.165, 1.54) is 4.88 Å². The normalized spacial score (nSPS) is 15.2. The number of thiophene rings is 1. The second kappa shape index (κ2) is 5.28. The lowest BCUT2D eigenvalue weighted by molar-refractivity contribution is -0.139. The van der Waals surface area contributed by atoms with Gasteiger partial charge < -0.3 is 5.11 Å². The molecule has 0 spiro atoms. The van der Waals surface area contributed by atoms with E-state index in [2.05, 4.69) is 19.2 Å². The van der Waals surface area contributed by atoms with Gasteiger partial charge in [-0.15, -0.1) is 11.3 Å². The Morgan fingerprint density at radius 3 is 2.53 bits per heavy atom. The SMILES string of the molecule is CC(NC(c1cccs1)C(C)C)C(=O)O. The number of carboxylic acid groups (broad SMARTS) is 1. The van der Waals surface area contributed by atoms with E-state index in [1.807, 2.05) is 17.5 Å². The molecule has 0 fully saturated rings. The summed E-state index contributed by atoms with van der Waals surface area (Å²) in [4.78, 5) is 12.0. The van der Waals surface area contributed by atoms with Gasteiger partial charge in [0.25, 0.3) is 0 Å². The Hall–Kier alpha value is -0.870. The molecule has 15 heavy (non-hydrogen) atoms. The molecule has 0 saturated heterocycles. The van der Waals surface area contributed by atoms with Crippen LogP contribution in [0.4, 0.5) is 0 Å². The largest absolute Gasteiger partial charge is 0.480 e. The van der Waals surface area contributed by atoms with Crippen LogP contribution < -0.4 is 5.32 Å². The molecule has 2 N–H and O–H groups in total. The zero-order valence-corrected chi connectivity index (χ0v) is 10.0. The van der Waals surface area contributed by atoms with Crippen molar-refractivity contribution in [3.8, 4) is 0 Å². The highest BCUT2D eigenvalue weighted by Crippen LogP contribution is 2.26. The van der Waals surface area contributed by atoms with Gasteiger partial charge in [0.05, 0.1) is 0 Å². The molecule has 0 amide bonds. The van der Waals surface area contributed by atoms with Crippen LogP contribution in [0.5, 0.6) is 0 Å². The van der Waals surface area contributed by atoms with Gasteiger partial charge in [0.1, 0.15) is 6.04 Å². The third-order valence-corrected chi connectivity index (χ3v) is 3.27. The van der Waals surface area contributed by atoms with Gasteiger partial charge in [0.15, 0.2) is 0 Å². The van der Waals surface area contributed by atoms with Crippen molar-refractivity contribution in [3.63, 3.8) is 0 Å². The van der Waals surface area contributed by atoms with E-state index in [4.69, 9.17) is 5.11 Å². The van der Waals surface area contributed by atoms with E-state index < -0.39 is 12.0 Å². The maximum atomic E-state index is 10.8. The highest BCUT2D eigenvalue weighted by atomic mass is 32.1. The van der Waals surface area contributed by atoms with Crippen molar-refractivity contribution < 1.29 is 9.90 Å². The van der Waals surface area contributed by atoms with Crippen molar-refractivity contribution in [1.29, 1.82) is 0 Å². The maximum Gasteiger partial charge on any atom is 0.320 e. The van der Waals surface area contributed by atoms with Gasteiger partial charge >= 0.3 is 5.97 Å². The molecule has 2 atom stereocenters. The summed E-state index contributed by atoms with van der Waals surface area (Å²) in [6.45, 7) is 5.85. The first-order valence-electron chi connectivity index (χ1n) is 5.04. The molecule has 1 rings (SSSR count). The zero-order chi connectivity index (χ0) is 11.4. The number of aliphatic carboxylic acids is 1. The molecule has 4 heteroatoms. The minimum absolute atomic E-state index is 0.121. The number of hydrogen-bond acceptors (Lipinski definition) is 3. The number of nitrogens with one attached hydrogen (secondary N) is 1. The molecule has 0 aromatic carbocycles. The van der Waals surface area contributed by atoms with E-state index in [0.29, 0.717) is 5.92 Å². The fraction of sp³-hybridized carbons (Fsp3) is 0.545. The first-order chi connectivity index (χ1) is 7.02. The molecule has 0 aliphatic heterocycles. The minimum Gasteiger partial charge on any atom is -0.480 e. The molecule has 3 nitrogen and oxygen atoms in total. The van der Waals surface area contributed by atoms with E-state index in [0.717, 1.165) is 0 Å². The third-order valence-electron chi connectivity index (χ3n) is 2.32. The summed E-state index contributed by atoms with van der Waals surface area (Å²) in [7, 11) is 0. The van der Waals surface area contributed by atoms with Crippen LogP contribution in [0.1, 0.15) is 31.7 Å². The summed E-state index contributed by atoms with van der Waals surface area (Å²) in [5.41, 5.74) is 0. The average Bonchev–Trinajstić information content (AvgIpc) is 2.65. The second-order valence-corrected chi connectivity index (χ2v) is 4.94. The molecule has 1 heterocycles. The lowest BCUT2D eigenvalue weighted by Gasteiger charge is -2.23. The predicted molar refractivity (Wildman–Crippen MR) is 62.1 cm³/mol. The molecule has 0 bridgehead atoms. The fourth-order valence-electron chi connectivity index (χ4n) is 1.41. The Morgan fingerprint density at radius 2 is 2.13 bits per heavy atom. The molecule has 84 valence electrons. The Kier molecular flexibility index (Phi) is 4.29. The number of hydrogen-bond donors (Lipinski definition) is 2. The minimum atomic E-state index is -0.808. The highest BCUT2D eigenvalue weighted by Gasteiger charge is 2.21. The Balaban J connectivity index is 2.72. The zero-order valence-electron chi connectivity index (χ0n) is 9.23. The quantitative estimate of drug-likeness (QED) is 0.812. The average molecular weight is 227 g/mol. The van der Waals surface area contributed by atoms with Crippen molar-refractivity contribution in [1.82, 2.24) is 5.32 Å². The predicted octanol–water partition coefficient (Wildman–Crippen LogP) is 2.51. The topological polar surface area (TPSA) is 49.3 Å². The van der Waals surface area contributed by atoms with Gasteiger partial charge in [0, 0.05) is 10.9 Å². The van der Waals surface area contributed by atoms with Crippen molar-refractivity contribution in [2.75, 3.05) is 0 Å². The standard InChI is InChI=1S/C11H17NO2S/c1-7(2)10(9-5-4-6-15-9)12-8(3)11(13)14/h4-8,10,12H,1-3H3,(H,13,14). The lowest BCUT2D eigenvalue weighted by Crippen LogP contribution is -2.38. The Bertz CT molecular complexity index is 308. The summed E-state index contributed by atoms with van der Waals surface area (Å²) in [6, 6.07) is 3.63. The molecular formula is C11H17NO2S. The number of rotatable bonds is 5. The van der Waals surface area contributed by atoms with E-state index >= 15 is 0 Å². The van der Waals surface area contributed by atoms with Gasteiger partial charge in [-0.25, -0.2) is 0 Å². The Labute approximate surface area is 94.1 Å². The van der Waals surface area contributed by atoms with Crippen LogP contribution in [0.15, 0.2) is 17.5 Å². The van der Waals surface area contributed by atoms with Crippen LogP contribution in [0.2, 0.25) is 0 Å². The molecule has 1 aromatic rings. The summed E-state index contributed by atoms with van der Waals surface area (Å²) < 4.78 is 0. The highest BCUT2D eigenvalue weighted by molar-refractivity contribution is 7.10. The Morgan fingerprint density at radius 1 is 1.47 bits per heavy atom. The summed E-state index contributed by atoms with van der Waals surface area (Å²) in [5.74, 6) is -0.428. The maximum absolute atomic E-state index is 10.8. The van der Waals surface area contributed by atoms with Crippen LogP contribution in [-0.4, -0.2) is 17.1 Å². The van der Waals surface area contributed by atoms with Gasteiger partial charge in [-0.2, -0.15) is 0 Å². The summed E-state index contributed by atoms with van der Waals surface area (Å²) >= 11 is 1.66. The smallest absolute Gasteiger partial charge is 0.320 e. The molecule has 0 saturated carbocycles. The van der Waals surface area contributed by atoms with Crippen molar-refractivity contribution in [2.45, 2.75) is 32.9 Å². The molecule has 0 aliphatic rings. The van der Waals surface area contributed by atoms with Gasteiger partial charge in [0.2, 0.25) is 0 Å². The lowest BCUT2D eigenvalue weighted by atomic mass is 10.0. The van der Waals surface area contributed by atoms with E-state index in [1.54, 1.807) is 18.3 Å². The van der Waals surface area contributed by atoms with E-state index in [9.17, 15) is 4.79 Å². The van der Waals surface area contributed by atoms with Gasteiger partial charge in [-0.1, -0.05) is 19.9 Å². The van der Waals surface area contributed by atoms with Crippen LogP contribution in [0.25, 0.3) is 0 Å². The second-order valence-electron chi connectivity index (χ2n) is 3.96. The van der Waals surface area contributed by atoms with Crippen LogP contribution in [0.3, 0.4) is 0 Å². The monoisotopic (exact) mass is 227 g/mol. The molecular weight excluding hydrogens is 210 g/mol. The van der Waals surface area contributed by atoms with Crippen LogP contribution >= 0.6 is 11.3 Å². The first kappa shape index (κ1) is 12.2. The summed E-state index contributed by atoms with van der Waals surface area (Å²) in [5, 5.41) is 14.0. The molecule has 0 aliphatic carbocycles. The van der Waals surface area contributed by atoms with Crippen LogP contribution in [-0.2, 0) is 4.79 Å². The summed E-state index contributed by atoms with van der Waals surface area (Å²) in [6.07, 6.45) is 0. The van der Waals surface area contributed by atoms with E-state index in [-0.39, 0.29) is 6.04 Å². The van der Waals surface area contributed by atoms with Gasteiger partial charge in [-0.05, 0) is 24.3 Å². The first-order valence-corrected chi connectivity index (χ1v) is 5.92. The van der Waals surface area contributed by atoms with Gasteiger partial charge in [-0.3, -0.25) is 10.1 Å². The number of carbonyl (C=O) groups is 1.